The van der Waals surface area contributed by atoms with Crippen LogP contribution in [0.25, 0.3) is 11.3 Å². The van der Waals surface area contributed by atoms with E-state index in [1.807, 2.05) is 12.1 Å². The molecule has 0 bridgehead atoms. The number of aromatic nitrogens is 3. The molecule has 0 aliphatic carbocycles. The molecule has 166 valence electrons. The smallest absolute Gasteiger partial charge is 0.266 e. The molecule has 1 unspecified atom stereocenters. The van der Waals surface area contributed by atoms with Gasteiger partial charge < -0.3 is 20.7 Å². The van der Waals surface area contributed by atoms with Crippen LogP contribution >= 0.6 is 11.8 Å². The lowest BCUT2D eigenvalue weighted by Gasteiger charge is -2.15. The Balaban J connectivity index is 1.95. The van der Waals surface area contributed by atoms with E-state index in [2.05, 4.69) is 20.1 Å². The maximum absolute atomic E-state index is 12.7. The molecule has 2 heterocycles. The number of Topliss-reactive ketones (excluding diaryl/α,β-unsaturated/α-hetero) is 1. The van der Waals surface area contributed by atoms with Gasteiger partial charge in [0.25, 0.3) is 5.69 Å². The van der Waals surface area contributed by atoms with Crippen molar-refractivity contribution in [3.63, 3.8) is 0 Å². The fourth-order valence-corrected chi connectivity index (χ4v) is 3.87. The zero-order valence-electron chi connectivity index (χ0n) is 17.7. The van der Waals surface area contributed by atoms with Crippen molar-refractivity contribution < 1.29 is 23.9 Å². The average Bonchev–Trinajstić information content (AvgIpc) is 3.11. The van der Waals surface area contributed by atoms with E-state index in [0.717, 1.165) is 16.4 Å². The highest BCUT2D eigenvalue weighted by molar-refractivity contribution is 8.00. The van der Waals surface area contributed by atoms with Crippen molar-refractivity contribution in [3.8, 4) is 29.3 Å². The number of nitriles is 2. The summed E-state index contributed by atoms with van der Waals surface area (Å²) in [6.45, 7) is 3.04. The third-order valence-corrected chi connectivity index (χ3v) is 5.72. The molecule has 12 heteroatoms. The molecule has 3 rings (SSSR count). The minimum Gasteiger partial charge on any atom is -0.539 e. The second kappa shape index (κ2) is 9.38. The van der Waals surface area contributed by atoms with Gasteiger partial charge in [0.1, 0.15) is 28.5 Å². The van der Waals surface area contributed by atoms with E-state index in [1.165, 1.54) is 14.0 Å². The number of benzene rings is 1. The van der Waals surface area contributed by atoms with Crippen molar-refractivity contribution in [2.45, 2.75) is 24.1 Å². The van der Waals surface area contributed by atoms with E-state index in [9.17, 15) is 25.2 Å². The molecule has 1 atom stereocenters. The third kappa shape index (κ3) is 4.61. The van der Waals surface area contributed by atoms with E-state index in [1.54, 1.807) is 31.2 Å². The van der Waals surface area contributed by atoms with Crippen LogP contribution in [0.4, 0.5) is 11.5 Å². The van der Waals surface area contributed by atoms with Crippen LogP contribution in [0.5, 0.6) is 5.95 Å². The Bertz CT molecular complexity index is 1320. The predicted octanol–water partition coefficient (Wildman–Crippen LogP) is 1.28. The molecule has 0 saturated carbocycles. The van der Waals surface area contributed by atoms with Gasteiger partial charge in [-0.05, 0) is 38.1 Å². The van der Waals surface area contributed by atoms with Crippen molar-refractivity contribution in [2.24, 2.45) is 7.05 Å². The summed E-state index contributed by atoms with van der Waals surface area (Å²) in [5, 5.41) is 37.1. The number of nitrogen functional groups attached to an aromatic ring is 1. The van der Waals surface area contributed by atoms with Crippen molar-refractivity contribution >= 4 is 35.0 Å². The Labute approximate surface area is 192 Å². The van der Waals surface area contributed by atoms with Gasteiger partial charge in [0.2, 0.25) is 5.91 Å². The maximum atomic E-state index is 12.7. The fraction of sp³-hybridized carbons (Fsp3) is 0.190. The second-order valence-corrected chi connectivity index (χ2v) is 8.20. The Morgan fingerprint density at radius 1 is 1.24 bits per heavy atom. The van der Waals surface area contributed by atoms with E-state index in [-0.39, 0.29) is 39.0 Å². The summed E-state index contributed by atoms with van der Waals surface area (Å²) in [5.41, 5.74) is 6.45. The van der Waals surface area contributed by atoms with E-state index in [4.69, 9.17) is 5.73 Å². The van der Waals surface area contributed by atoms with Gasteiger partial charge in [0, 0.05) is 11.3 Å². The number of hydrogen-bond donors (Lipinski definition) is 2. The van der Waals surface area contributed by atoms with E-state index >= 15 is 0 Å². The zero-order valence-corrected chi connectivity index (χ0v) is 18.6. The normalized spacial score (nSPS) is 11.3. The Morgan fingerprint density at radius 3 is 2.39 bits per heavy atom. The predicted molar refractivity (Wildman–Crippen MR) is 115 cm³/mol. The number of nitrogens with two attached hydrogens (primary N) is 1. The monoisotopic (exact) mass is 463 g/mol. The van der Waals surface area contributed by atoms with Gasteiger partial charge in [-0.2, -0.15) is 10.5 Å². The average molecular weight is 463 g/mol. The number of aryl methyl sites for hydroxylation is 1. The van der Waals surface area contributed by atoms with E-state index in [0.29, 0.717) is 11.3 Å². The molecule has 0 saturated heterocycles. The van der Waals surface area contributed by atoms with Gasteiger partial charge in [-0.15, -0.1) is 0 Å². The van der Waals surface area contributed by atoms with Crippen LogP contribution < -0.4 is 20.8 Å². The first-order valence-corrected chi connectivity index (χ1v) is 10.3. The quantitative estimate of drug-likeness (QED) is 0.306. The van der Waals surface area contributed by atoms with Crippen LogP contribution in [-0.4, -0.2) is 27.2 Å². The molecule has 11 nitrogen and oxygen atoms in total. The van der Waals surface area contributed by atoms with Gasteiger partial charge >= 0.3 is 0 Å². The number of thioether (sulfide) groups is 1. The summed E-state index contributed by atoms with van der Waals surface area (Å²) in [5.74, 6) is -1.55. The lowest BCUT2D eigenvalue weighted by Crippen LogP contribution is -2.32. The molecule has 0 aliphatic heterocycles. The number of nitrogens with one attached hydrogen (secondary N) is 1. The zero-order chi connectivity index (χ0) is 24.3. The van der Waals surface area contributed by atoms with Crippen LogP contribution in [0.1, 0.15) is 35.3 Å². The summed E-state index contributed by atoms with van der Waals surface area (Å²) in [6.07, 6.45) is 0. The second-order valence-electron chi connectivity index (χ2n) is 6.87. The lowest BCUT2D eigenvalue weighted by atomic mass is 10.0. The summed E-state index contributed by atoms with van der Waals surface area (Å²) in [6, 6.07) is 10.2. The largest absolute Gasteiger partial charge is 0.539 e. The summed E-state index contributed by atoms with van der Waals surface area (Å²) < 4.78 is 5.71. The van der Waals surface area contributed by atoms with Gasteiger partial charge in [-0.1, -0.05) is 16.4 Å². The van der Waals surface area contributed by atoms with Crippen LogP contribution in [-0.2, 0) is 11.8 Å². The number of nitrogens with zero attached hydrogens (tertiary/aromatic N) is 5. The number of carbonyl (C=O) groups is 2. The topological polar surface area (TPSA) is 186 Å². The highest BCUT2D eigenvalue weighted by Gasteiger charge is 2.30. The van der Waals surface area contributed by atoms with Crippen molar-refractivity contribution in [2.75, 3.05) is 11.1 Å². The minimum atomic E-state index is -0.855. The van der Waals surface area contributed by atoms with Crippen LogP contribution in [0, 0.1) is 22.7 Å². The molecule has 0 fully saturated rings. The molecule has 3 aromatic rings. The molecule has 0 radical (unpaired) electrons. The molecule has 0 spiro atoms. The number of ketones is 1. The molecule has 1 aromatic carbocycles. The number of anilines is 2. The first-order chi connectivity index (χ1) is 15.7. The maximum Gasteiger partial charge on any atom is 0.266 e. The Hall–Kier alpha value is -4.42. The standard InChI is InChI=1S/C21H17N7O4S/c1-10(29)12-4-6-13(7-5-12)25-19(30)11(2)33-20-15(9-23)16(14(8-22)18(24)26-20)17-21(31)32-27-28(17)3/h4-7,11H,1-3H3,(H3-,24,25,26,27,29,30,31). The van der Waals surface area contributed by atoms with Crippen LogP contribution in [0.2, 0.25) is 0 Å². The van der Waals surface area contributed by atoms with Crippen molar-refractivity contribution in [1.29, 1.82) is 10.5 Å². The Morgan fingerprint density at radius 2 is 1.88 bits per heavy atom. The first kappa shape index (κ1) is 23.2. The molecule has 1 amide bonds. The van der Waals surface area contributed by atoms with Gasteiger partial charge in [0.05, 0.1) is 21.6 Å². The van der Waals surface area contributed by atoms with Crippen LogP contribution in [0.15, 0.2) is 33.8 Å². The van der Waals surface area contributed by atoms with Gasteiger partial charge in [-0.3, -0.25) is 9.59 Å². The molecular weight excluding hydrogens is 446 g/mol. The lowest BCUT2D eigenvalue weighted by molar-refractivity contribution is -0.730. The van der Waals surface area contributed by atoms with Crippen molar-refractivity contribution in [1.82, 2.24) is 10.3 Å². The Kier molecular flexibility index (Phi) is 6.61. The number of pyridine rings is 1. The molecule has 3 N–H and O–H groups in total. The highest BCUT2D eigenvalue weighted by atomic mass is 32.2. The number of rotatable bonds is 6. The number of carbonyl (C=O) groups excluding carboxylic acids is 2. The highest BCUT2D eigenvalue weighted by Crippen LogP contribution is 2.37. The summed E-state index contributed by atoms with van der Waals surface area (Å²) in [4.78, 5) is 28.2. The van der Waals surface area contributed by atoms with E-state index < -0.39 is 17.1 Å². The first-order valence-electron chi connectivity index (χ1n) is 9.43. The summed E-state index contributed by atoms with van der Waals surface area (Å²) >= 11 is 0.935. The SMILES string of the molecule is CC(=O)c1ccc(NC(=O)C(C)Sc2nc(N)c(C#N)c(-c3c([O-])on[n+]3C)c2C#N)cc1. The minimum absolute atomic E-state index is 0.0591. The summed E-state index contributed by atoms with van der Waals surface area (Å²) in [7, 11) is 1.42. The molecular formula is C21H17N7O4S. The molecule has 2 aromatic heterocycles. The van der Waals surface area contributed by atoms with Gasteiger partial charge in [0.15, 0.2) is 18.8 Å². The van der Waals surface area contributed by atoms with Crippen molar-refractivity contribution in [3.05, 3.63) is 41.0 Å². The molecule has 0 aliphatic rings. The third-order valence-electron chi connectivity index (χ3n) is 4.63. The molecule has 33 heavy (non-hydrogen) atoms. The van der Waals surface area contributed by atoms with Crippen LogP contribution in [0.3, 0.4) is 0 Å². The number of amides is 1. The van der Waals surface area contributed by atoms with Gasteiger partial charge in [-0.25, -0.2) is 4.98 Å². The number of hydrogen-bond acceptors (Lipinski definition) is 10. The fourth-order valence-electron chi connectivity index (χ4n) is 2.95.